The maximum Gasteiger partial charge on any atom is 0.252 e. The fourth-order valence-corrected chi connectivity index (χ4v) is 2.51. The summed E-state index contributed by atoms with van der Waals surface area (Å²) in [7, 11) is 0. The molecular formula is C19H23N3O2. The van der Waals surface area contributed by atoms with Crippen LogP contribution in [-0.2, 0) is 6.54 Å². The van der Waals surface area contributed by atoms with E-state index in [4.69, 9.17) is 4.74 Å². The minimum absolute atomic E-state index is 0.101. The summed E-state index contributed by atoms with van der Waals surface area (Å²) in [5, 5.41) is 6.05. The van der Waals surface area contributed by atoms with Crippen LogP contribution in [-0.4, -0.2) is 23.5 Å². The summed E-state index contributed by atoms with van der Waals surface area (Å²) in [5.41, 5.74) is 1.68. The predicted molar refractivity (Wildman–Crippen MR) is 94.3 cm³/mol. The van der Waals surface area contributed by atoms with Gasteiger partial charge in [-0.3, -0.25) is 4.79 Å². The van der Waals surface area contributed by atoms with Crippen molar-refractivity contribution in [1.29, 1.82) is 0 Å². The summed E-state index contributed by atoms with van der Waals surface area (Å²) < 4.78 is 6.03. The summed E-state index contributed by atoms with van der Waals surface area (Å²) in [6.07, 6.45) is 5.49. The van der Waals surface area contributed by atoms with Crippen LogP contribution in [0.5, 0.6) is 5.75 Å². The number of nitrogens with one attached hydrogen (secondary N) is 2. The van der Waals surface area contributed by atoms with Gasteiger partial charge in [-0.1, -0.05) is 18.2 Å². The molecule has 1 aliphatic rings. The first-order valence-electron chi connectivity index (χ1n) is 8.49. The Bertz CT molecular complexity index is 681. The molecule has 1 fully saturated rings. The van der Waals surface area contributed by atoms with Crippen LogP contribution in [0.25, 0.3) is 0 Å². The molecule has 0 unspecified atom stereocenters. The van der Waals surface area contributed by atoms with E-state index in [1.54, 1.807) is 12.3 Å². The normalized spacial score (nSPS) is 13.9. The Morgan fingerprint density at radius 2 is 2.08 bits per heavy atom. The largest absolute Gasteiger partial charge is 0.490 e. The van der Waals surface area contributed by atoms with Gasteiger partial charge in [0.1, 0.15) is 11.6 Å². The molecule has 1 aromatic carbocycles. The summed E-state index contributed by atoms with van der Waals surface area (Å²) in [6, 6.07) is 11.7. The number of carbonyl (C=O) groups is 1. The Balaban J connectivity index is 1.60. The van der Waals surface area contributed by atoms with Crippen molar-refractivity contribution < 1.29 is 9.53 Å². The first kappa shape index (κ1) is 16.3. The average Bonchev–Trinajstić information content (AvgIpc) is 2.58. The van der Waals surface area contributed by atoms with E-state index in [1.165, 1.54) is 6.42 Å². The molecule has 1 saturated carbocycles. The van der Waals surface area contributed by atoms with Crippen LogP contribution in [0.4, 0.5) is 5.82 Å². The van der Waals surface area contributed by atoms with Gasteiger partial charge in [0.25, 0.3) is 5.91 Å². The number of benzene rings is 1. The lowest BCUT2D eigenvalue weighted by molar-refractivity contribution is 0.0955. The van der Waals surface area contributed by atoms with E-state index in [2.05, 4.69) is 21.7 Å². The molecule has 1 aromatic heterocycles. The van der Waals surface area contributed by atoms with Gasteiger partial charge in [0.2, 0.25) is 0 Å². The van der Waals surface area contributed by atoms with Gasteiger partial charge < -0.3 is 15.4 Å². The Kier molecular flexibility index (Phi) is 5.31. The molecule has 3 rings (SSSR count). The number of anilines is 1. The molecule has 0 saturated heterocycles. The van der Waals surface area contributed by atoms with Crippen LogP contribution in [0.15, 0.2) is 42.6 Å². The van der Waals surface area contributed by atoms with E-state index in [-0.39, 0.29) is 5.91 Å². The van der Waals surface area contributed by atoms with Crippen LogP contribution in [0.2, 0.25) is 0 Å². The molecule has 0 spiro atoms. The third-order valence-corrected chi connectivity index (χ3v) is 4.14. The number of ether oxygens (including phenoxy) is 1. The zero-order chi connectivity index (χ0) is 16.8. The molecule has 24 heavy (non-hydrogen) atoms. The van der Waals surface area contributed by atoms with Crippen molar-refractivity contribution in [3.05, 3.63) is 53.7 Å². The quantitative estimate of drug-likeness (QED) is 0.819. The van der Waals surface area contributed by atoms with E-state index < -0.39 is 0 Å². The van der Waals surface area contributed by atoms with Crippen molar-refractivity contribution >= 4 is 11.7 Å². The van der Waals surface area contributed by atoms with E-state index >= 15 is 0 Å². The van der Waals surface area contributed by atoms with Crippen molar-refractivity contribution in [2.24, 2.45) is 0 Å². The second-order valence-corrected chi connectivity index (χ2v) is 5.92. The molecule has 1 amide bonds. The van der Waals surface area contributed by atoms with Crippen LogP contribution in [0, 0.1) is 0 Å². The van der Waals surface area contributed by atoms with Crippen LogP contribution in [0.1, 0.15) is 42.1 Å². The number of carbonyl (C=O) groups excluding carboxylic acids is 1. The van der Waals surface area contributed by atoms with E-state index in [0.29, 0.717) is 24.8 Å². The number of nitrogens with zero attached hydrogens (tertiary/aromatic N) is 1. The van der Waals surface area contributed by atoms with Gasteiger partial charge in [-0.15, -0.1) is 0 Å². The molecule has 5 heteroatoms. The van der Waals surface area contributed by atoms with Crippen LogP contribution >= 0.6 is 0 Å². The summed E-state index contributed by atoms with van der Waals surface area (Å²) in [5.74, 6) is 1.57. The van der Waals surface area contributed by atoms with Crippen molar-refractivity contribution in [1.82, 2.24) is 10.3 Å². The fraction of sp³-hybridized carbons (Fsp3) is 0.368. The summed E-state index contributed by atoms with van der Waals surface area (Å²) in [6.45, 7) is 3.14. The highest BCUT2D eigenvalue weighted by Crippen LogP contribution is 2.27. The van der Waals surface area contributed by atoms with E-state index in [1.807, 2.05) is 31.2 Å². The first-order chi connectivity index (χ1) is 11.8. The second kappa shape index (κ2) is 7.81. The van der Waals surface area contributed by atoms with Crippen molar-refractivity contribution in [2.45, 2.75) is 38.8 Å². The molecule has 1 heterocycles. The highest BCUT2D eigenvalue weighted by atomic mass is 16.5. The molecule has 0 atom stereocenters. The molecule has 1 aliphatic carbocycles. The van der Waals surface area contributed by atoms with Gasteiger partial charge in [0.15, 0.2) is 0 Å². The lowest BCUT2D eigenvalue weighted by Crippen LogP contribution is -2.25. The molecule has 0 aliphatic heterocycles. The van der Waals surface area contributed by atoms with Gasteiger partial charge >= 0.3 is 0 Å². The third kappa shape index (κ3) is 4.04. The topological polar surface area (TPSA) is 63.2 Å². The van der Waals surface area contributed by atoms with Crippen molar-refractivity contribution in [3.63, 3.8) is 0 Å². The van der Waals surface area contributed by atoms with Crippen LogP contribution < -0.4 is 15.4 Å². The highest BCUT2D eigenvalue weighted by Gasteiger charge is 2.20. The van der Waals surface area contributed by atoms with Gasteiger partial charge in [0, 0.05) is 24.8 Å². The zero-order valence-electron chi connectivity index (χ0n) is 13.9. The van der Waals surface area contributed by atoms with Gasteiger partial charge in [-0.05, 0) is 44.4 Å². The Hall–Kier alpha value is -2.56. The molecule has 0 radical (unpaired) electrons. The Labute approximate surface area is 142 Å². The SMILES string of the molecule is CCNC(=O)c1ccc(NCc2ccccc2OC2CCC2)nc1. The molecule has 126 valence electrons. The number of aromatic nitrogens is 1. The van der Waals surface area contributed by atoms with Gasteiger partial charge in [-0.25, -0.2) is 4.98 Å². The fourth-order valence-electron chi connectivity index (χ4n) is 2.51. The third-order valence-electron chi connectivity index (χ3n) is 4.14. The monoisotopic (exact) mass is 325 g/mol. The number of hydrogen-bond acceptors (Lipinski definition) is 4. The number of amides is 1. The summed E-state index contributed by atoms with van der Waals surface area (Å²) in [4.78, 5) is 16.0. The van der Waals surface area contributed by atoms with Crippen LogP contribution in [0.3, 0.4) is 0 Å². The molecule has 5 nitrogen and oxygen atoms in total. The molecule has 2 aromatic rings. The zero-order valence-corrected chi connectivity index (χ0v) is 13.9. The number of para-hydroxylation sites is 1. The second-order valence-electron chi connectivity index (χ2n) is 5.92. The summed E-state index contributed by atoms with van der Waals surface area (Å²) >= 11 is 0. The average molecular weight is 325 g/mol. The lowest BCUT2D eigenvalue weighted by Gasteiger charge is -2.27. The predicted octanol–water partition coefficient (Wildman–Crippen LogP) is 3.37. The Morgan fingerprint density at radius 1 is 1.25 bits per heavy atom. The lowest BCUT2D eigenvalue weighted by atomic mass is 9.96. The molecule has 2 N–H and O–H groups in total. The van der Waals surface area contributed by atoms with Crippen molar-refractivity contribution in [2.75, 3.05) is 11.9 Å². The minimum Gasteiger partial charge on any atom is -0.490 e. The molecular weight excluding hydrogens is 302 g/mol. The maximum absolute atomic E-state index is 11.7. The minimum atomic E-state index is -0.101. The first-order valence-corrected chi connectivity index (χ1v) is 8.49. The number of hydrogen-bond donors (Lipinski definition) is 2. The van der Waals surface area contributed by atoms with Crippen molar-refractivity contribution in [3.8, 4) is 5.75 Å². The Morgan fingerprint density at radius 3 is 2.75 bits per heavy atom. The highest BCUT2D eigenvalue weighted by molar-refractivity contribution is 5.93. The maximum atomic E-state index is 11.7. The van der Waals surface area contributed by atoms with E-state index in [9.17, 15) is 4.79 Å². The van der Waals surface area contributed by atoms with Gasteiger partial charge in [-0.2, -0.15) is 0 Å². The number of pyridine rings is 1. The molecule has 0 bridgehead atoms. The standard InChI is InChI=1S/C19H23N3O2/c1-2-20-19(23)15-10-11-18(22-13-15)21-12-14-6-3-4-9-17(14)24-16-7-5-8-16/h3-4,6,9-11,13,16H,2,5,7-8,12H2,1H3,(H,20,23)(H,21,22). The number of rotatable bonds is 7. The van der Waals surface area contributed by atoms with Gasteiger partial charge in [0.05, 0.1) is 11.7 Å². The van der Waals surface area contributed by atoms with E-state index in [0.717, 1.165) is 30.0 Å². The smallest absolute Gasteiger partial charge is 0.252 e.